The molecular weight excluding hydrogens is 400 g/mol. The lowest BCUT2D eigenvalue weighted by Gasteiger charge is -2.27. The molecule has 1 aliphatic rings. The van der Waals surface area contributed by atoms with E-state index in [0.717, 1.165) is 33.6 Å². The first-order chi connectivity index (χ1) is 13.9. The van der Waals surface area contributed by atoms with Crippen LogP contribution in [0.15, 0.2) is 48.7 Å². The molecule has 2 unspecified atom stereocenters. The zero-order valence-corrected chi connectivity index (χ0v) is 18.7. The fourth-order valence-electron chi connectivity index (χ4n) is 4.38. The highest BCUT2D eigenvalue weighted by Crippen LogP contribution is 2.41. The van der Waals surface area contributed by atoms with Gasteiger partial charge in [0, 0.05) is 34.8 Å². The van der Waals surface area contributed by atoms with Gasteiger partial charge in [-0.2, -0.15) is 0 Å². The van der Waals surface area contributed by atoms with Crippen LogP contribution in [-0.4, -0.2) is 26.1 Å². The van der Waals surface area contributed by atoms with E-state index in [1.807, 2.05) is 30.5 Å². The minimum Gasteiger partial charge on any atom is -0.352 e. The van der Waals surface area contributed by atoms with Crippen molar-refractivity contribution in [3.63, 3.8) is 0 Å². The van der Waals surface area contributed by atoms with Gasteiger partial charge in [-0.05, 0) is 81.4 Å². The number of thiocarbonyl (C=S) groups is 1. The van der Waals surface area contributed by atoms with Gasteiger partial charge >= 0.3 is 0 Å². The van der Waals surface area contributed by atoms with E-state index in [0.29, 0.717) is 0 Å². The molecule has 4 rings (SSSR count). The Labute approximate surface area is 182 Å². The molecule has 1 aliphatic heterocycles. The molecule has 1 saturated heterocycles. The molecule has 4 nitrogen and oxygen atoms in total. The van der Waals surface area contributed by atoms with Crippen molar-refractivity contribution < 1.29 is 0 Å². The number of pyridine rings is 1. The van der Waals surface area contributed by atoms with Crippen LogP contribution < -0.4 is 5.32 Å². The van der Waals surface area contributed by atoms with Gasteiger partial charge in [-0.3, -0.25) is 4.98 Å². The number of hydrogen-bond acceptors (Lipinski definition) is 2. The first kappa shape index (κ1) is 19.9. The van der Waals surface area contributed by atoms with Gasteiger partial charge in [-0.25, -0.2) is 0 Å². The molecular formula is C23H25ClN4S. The molecule has 0 radical (unpaired) electrons. The molecule has 0 spiro atoms. The smallest absolute Gasteiger partial charge is 0.170 e. The summed E-state index contributed by atoms with van der Waals surface area (Å²) in [6, 6.07) is 14.5. The van der Waals surface area contributed by atoms with Crippen LogP contribution in [0.3, 0.4) is 0 Å². The van der Waals surface area contributed by atoms with Crippen LogP contribution in [0.5, 0.6) is 0 Å². The number of hydrogen-bond donors (Lipinski definition) is 1. The number of halogens is 1. The predicted molar refractivity (Wildman–Crippen MR) is 123 cm³/mol. The SMILES string of the molecule is CCN1C(=S)NC(c2ccccn2)C1c1cc(C)n(-c2cccc(Cl)c2C)c1C. The Balaban J connectivity index is 1.86. The topological polar surface area (TPSA) is 33.1 Å². The zero-order valence-electron chi connectivity index (χ0n) is 17.1. The summed E-state index contributed by atoms with van der Waals surface area (Å²) in [7, 11) is 0. The Kier molecular flexibility index (Phi) is 5.36. The molecule has 150 valence electrons. The summed E-state index contributed by atoms with van der Waals surface area (Å²) >= 11 is 12.1. The van der Waals surface area contributed by atoms with Gasteiger partial charge in [0.2, 0.25) is 0 Å². The van der Waals surface area contributed by atoms with E-state index in [1.165, 1.54) is 17.0 Å². The van der Waals surface area contributed by atoms with E-state index in [2.05, 4.69) is 65.7 Å². The van der Waals surface area contributed by atoms with E-state index in [4.69, 9.17) is 23.8 Å². The summed E-state index contributed by atoms with van der Waals surface area (Å²) in [5.41, 5.74) is 6.83. The van der Waals surface area contributed by atoms with Crippen LogP contribution in [-0.2, 0) is 0 Å². The second kappa shape index (κ2) is 7.81. The highest BCUT2D eigenvalue weighted by Gasteiger charge is 2.40. The van der Waals surface area contributed by atoms with Crippen LogP contribution in [0.2, 0.25) is 5.02 Å². The van der Waals surface area contributed by atoms with Crippen molar-refractivity contribution in [2.45, 2.75) is 39.8 Å². The summed E-state index contributed by atoms with van der Waals surface area (Å²) in [5.74, 6) is 0. The van der Waals surface area contributed by atoms with Crippen molar-refractivity contribution in [2.75, 3.05) is 6.54 Å². The molecule has 0 amide bonds. The van der Waals surface area contributed by atoms with Crippen LogP contribution in [0, 0.1) is 20.8 Å². The standard InChI is InChI=1S/C23H25ClN4S/c1-5-27-22(21(26-23(27)29)19-10-6-7-12-25-19)17-13-14(2)28(16(17)4)20-11-8-9-18(24)15(20)3/h6-13,21-22H,5H2,1-4H3,(H,26,29). The molecule has 29 heavy (non-hydrogen) atoms. The minimum atomic E-state index is 0.0121. The van der Waals surface area contributed by atoms with Crippen LogP contribution in [0.4, 0.5) is 0 Å². The third-order valence-corrected chi connectivity index (χ3v) is 6.57. The Morgan fingerprint density at radius 1 is 1.14 bits per heavy atom. The fourth-order valence-corrected chi connectivity index (χ4v) is 4.92. The largest absolute Gasteiger partial charge is 0.352 e. The number of rotatable bonds is 4. The summed E-state index contributed by atoms with van der Waals surface area (Å²) in [6.45, 7) is 9.36. The second-order valence-corrected chi connectivity index (χ2v) is 8.25. The van der Waals surface area contributed by atoms with Gasteiger partial charge in [0.25, 0.3) is 0 Å². The highest BCUT2D eigenvalue weighted by atomic mass is 35.5. The van der Waals surface area contributed by atoms with Crippen molar-refractivity contribution in [1.82, 2.24) is 19.8 Å². The Morgan fingerprint density at radius 3 is 2.62 bits per heavy atom. The van der Waals surface area contributed by atoms with Gasteiger partial charge in [0.05, 0.1) is 17.8 Å². The number of nitrogens with zero attached hydrogens (tertiary/aromatic N) is 3. The van der Waals surface area contributed by atoms with Crippen molar-refractivity contribution >= 4 is 28.9 Å². The maximum atomic E-state index is 6.41. The van der Waals surface area contributed by atoms with Crippen molar-refractivity contribution in [3.8, 4) is 5.69 Å². The molecule has 3 aromatic rings. The molecule has 6 heteroatoms. The molecule has 1 aromatic carbocycles. The molecule has 0 bridgehead atoms. The number of likely N-dealkylation sites (N-methyl/N-ethyl adjacent to an activating group) is 1. The average Bonchev–Trinajstić information content (AvgIpc) is 3.20. The van der Waals surface area contributed by atoms with E-state index < -0.39 is 0 Å². The average molecular weight is 425 g/mol. The molecule has 1 fully saturated rings. The summed E-state index contributed by atoms with van der Waals surface area (Å²) in [6.07, 6.45) is 1.84. The molecule has 1 N–H and O–H groups in total. The second-order valence-electron chi connectivity index (χ2n) is 7.46. The number of nitrogens with one attached hydrogen (secondary N) is 1. The third-order valence-electron chi connectivity index (χ3n) is 5.81. The first-order valence-electron chi connectivity index (χ1n) is 9.86. The number of aryl methyl sites for hydroxylation is 1. The van der Waals surface area contributed by atoms with E-state index in [9.17, 15) is 0 Å². The van der Waals surface area contributed by atoms with Crippen LogP contribution in [0.25, 0.3) is 5.69 Å². The number of benzene rings is 1. The summed E-state index contributed by atoms with van der Waals surface area (Å²) in [4.78, 5) is 6.86. The Bertz CT molecular complexity index is 1060. The molecule has 3 heterocycles. The van der Waals surface area contributed by atoms with E-state index in [1.54, 1.807) is 0 Å². The van der Waals surface area contributed by atoms with Gasteiger partial charge in [-0.15, -0.1) is 0 Å². The maximum Gasteiger partial charge on any atom is 0.170 e. The normalized spacial score (nSPS) is 18.9. The monoisotopic (exact) mass is 424 g/mol. The predicted octanol–water partition coefficient (Wildman–Crippen LogP) is 5.44. The van der Waals surface area contributed by atoms with E-state index >= 15 is 0 Å². The summed E-state index contributed by atoms with van der Waals surface area (Å²) < 4.78 is 2.29. The quantitative estimate of drug-likeness (QED) is 0.565. The zero-order chi connectivity index (χ0) is 20.7. The van der Waals surface area contributed by atoms with Crippen molar-refractivity contribution in [1.29, 1.82) is 0 Å². The van der Waals surface area contributed by atoms with Gasteiger partial charge in [-0.1, -0.05) is 23.7 Å². The first-order valence-corrected chi connectivity index (χ1v) is 10.6. The third kappa shape index (κ3) is 3.32. The molecule has 2 aromatic heterocycles. The Hall–Kier alpha value is -2.37. The lowest BCUT2D eigenvalue weighted by Crippen LogP contribution is -2.29. The van der Waals surface area contributed by atoms with Gasteiger partial charge in [0.15, 0.2) is 5.11 Å². The maximum absolute atomic E-state index is 6.41. The minimum absolute atomic E-state index is 0.0121. The van der Waals surface area contributed by atoms with E-state index in [-0.39, 0.29) is 12.1 Å². The lowest BCUT2D eigenvalue weighted by atomic mass is 9.97. The van der Waals surface area contributed by atoms with Crippen molar-refractivity contribution in [3.05, 3.63) is 81.9 Å². The molecule has 0 aliphatic carbocycles. The van der Waals surface area contributed by atoms with Gasteiger partial charge < -0.3 is 14.8 Å². The highest BCUT2D eigenvalue weighted by molar-refractivity contribution is 7.80. The fraction of sp³-hybridized carbons (Fsp3) is 0.304. The summed E-state index contributed by atoms with van der Waals surface area (Å²) in [5, 5.41) is 5.05. The van der Waals surface area contributed by atoms with Crippen LogP contribution >= 0.6 is 23.8 Å². The van der Waals surface area contributed by atoms with Gasteiger partial charge in [0.1, 0.15) is 0 Å². The van der Waals surface area contributed by atoms with Crippen molar-refractivity contribution in [2.24, 2.45) is 0 Å². The lowest BCUT2D eigenvalue weighted by molar-refractivity contribution is 0.329. The Morgan fingerprint density at radius 2 is 1.93 bits per heavy atom. The molecule has 2 atom stereocenters. The molecule has 0 saturated carbocycles. The number of aromatic nitrogens is 2. The van der Waals surface area contributed by atoms with Crippen LogP contribution in [0.1, 0.15) is 47.2 Å².